The van der Waals surface area contributed by atoms with Crippen molar-refractivity contribution in [3.63, 3.8) is 0 Å². The van der Waals surface area contributed by atoms with Crippen LogP contribution in [0.3, 0.4) is 0 Å². The van der Waals surface area contributed by atoms with Crippen molar-refractivity contribution in [2.45, 2.75) is 36.8 Å². The lowest BCUT2D eigenvalue weighted by Crippen LogP contribution is -2.40. The third kappa shape index (κ3) is 4.17. The van der Waals surface area contributed by atoms with Crippen LogP contribution in [0.4, 0.5) is 0 Å². The monoisotopic (exact) mass is 332 g/mol. The quantitative estimate of drug-likeness (QED) is 0.835. The lowest BCUT2D eigenvalue weighted by molar-refractivity contribution is 0.0250. The van der Waals surface area contributed by atoms with Crippen LogP contribution < -0.4 is 10.0 Å². The van der Waals surface area contributed by atoms with Gasteiger partial charge in [-0.2, -0.15) is 0 Å². The first kappa shape index (κ1) is 16.7. The molecule has 1 fully saturated rings. The fraction of sp³-hybridized carbons (Fsp3) is 0.571. The predicted molar refractivity (Wildman–Crippen MR) is 83.0 cm³/mol. The van der Waals surface area contributed by atoms with E-state index in [-0.39, 0.29) is 11.4 Å². The SMILES string of the molecule is CNCc1ccc(S(=O)(=O)NCC2(C)CCCO2)cc1Cl. The van der Waals surface area contributed by atoms with Crippen molar-refractivity contribution < 1.29 is 13.2 Å². The van der Waals surface area contributed by atoms with Crippen LogP contribution in [-0.4, -0.2) is 34.2 Å². The molecule has 0 amide bonds. The third-order valence-electron chi connectivity index (χ3n) is 3.64. The molecule has 0 radical (unpaired) electrons. The van der Waals surface area contributed by atoms with E-state index in [9.17, 15) is 8.42 Å². The van der Waals surface area contributed by atoms with Crippen LogP contribution in [0.25, 0.3) is 0 Å². The fourth-order valence-corrected chi connectivity index (χ4v) is 3.83. The maximum absolute atomic E-state index is 12.3. The van der Waals surface area contributed by atoms with Crippen molar-refractivity contribution in [1.82, 2.24) is 10.0 Å². The summed E-state index contributed by atoms with van der Waals surface area (Å²) < 4.78 is 32.8. The number of ether oxygens (including phenoxy) is 1. The maximum atomic E-state index is 12.3. The normalized spacial score (nSPS) is 22.6. The second-order valence-corrected chi connectivity index (χ2v) is 7.68. The van der Waals surface area contributed by atoms with Crippen LogP contribution in [0.5, 0.6) is 0 Å². The van der Waals surface area contributed by atoms with Crippen LogP contribution in [0.1, 0.15) is 25.3 Å². The van der Waals surface area contributed by atoms with Gasteiger partial charge in [-0.15, -0.1) is 0 Å². The average Bonchev–Trinajstić information content (AvgIpc) is 2.87. The van der Waals surface area contributed by atoms with Gasteiger partial charge in [-0.25, -0.2) is 13.1 Å². The molecule has 2 N–H and O–H groups in total. The zero-order valence-corrected chi connectivity index (χ0v) is 13.9. The minimum absolute atomic E-state index is 0.175. The summed E-state index contributed by atoms with van der Waals surface area (Å²) >= 11 is 6.11. The van der Waals surface area contributed by atoms with Crippen molar-refractivity contribution >= 4 is 21.6 Å². The standard InChI is InChI=1S/C14H21ClN2O3S/c1-14(6-3-7-20-14)10-17-21(18,19)12-5-4-11(9-16-2)13(15)8-12/h4-5,8,16-17H,3,6-7,9-10H2,1-2H3. The van der Waals surface area contributed by atoms with Gasteiger partial charge in [-0.1, -0.05) is 17.7 Å². The number of hydrogen-bond donors (Lipinski definition) is 2. The Morgan fingerprint density at radius 1 is 1.43 bits per heavy atom. The van der Waals surface area contributed by atoms with Crippen molar-refractivity contribution in [2.24, 2.45) is 0 Å². The first-order valence-electron chi connectivity index (χ1n) is 6.93. The van der Waals surface area contributed by atoms with E-state index in [2.05, 4.69) is 10.0 Å². The highest BCUT2D eigenvalue weighted by atomic mass is 35.5. The summed E-state index contributed by atoms with van der Waals surface area (Å²) in [6.07, 6.45) is 1.82. The van der Waals surface area contributed by atoms with E-state index in [1.165, 1.54) is 6.07 Å². The van der Waals surface area contributed by atoms with E-state index in [0.717, 1.165) is 18.4 Å². The van der Waals surface area contributed by atoms with Crippen LogP contribution in [0.15, 0.2) is 23.1 Å². The molecule has 0 bridgehead atoms. The Hall–Kier alpha value is -0.660. The molecule has 0 saturated carbocycles. The Bertz CT molecular complexity index is 598. The molecule has 1 aliphatic rings. The second kappa shape index (κ2) is 6.62. The number of hydrogen-bond acceptors (Lipinski definition) is 4. The highest BCUT2D eigenvalue weighted by Crippen LogP contribution is 2.25. The number of benzene rings is 1. The molecule has 0 spiro atoms. The lowest BCUT2D eigenvalue weighted by atomic mass is 10.0. The molecule has 1 unspecified atom stereocenters. The van der Waals surface area contributed by atoms with Gasteiger partial charge in [0.05, 0.1) is 10.5 Å². The van der Waals surface area contributed by atoms with E-state index < -0.39 is 15.6 Å². The summed E-state index contributed by atoms with van der Waals surface area (Å²) in [5.74, 6) is 0. The topological polar surface area (TPSA) is 67.4 Å². The van der Waals surface area contributed by atoms with E-state index in [1.807, 2.05) is 14.0 Å². The Kier molecular flexibility index (Phi) is 5.27. The summed E-state index contributed by atoms with van der Waals surface area (Å²) in [4.78, 5) is 0.175. The van der Waals surface area contributed by atoms with Gasteiger partial charge in [-0.05, 0) is 44.5 Å². The number of nitrogens with one attached hydrogen (secondary N) is 2. The van der Waals surface area contributed by atoms with E-state index in [0.29, 0.717) is 18.2 Å². The largest absolute Gasteiger partial charge is 0.374 e. The first-order chi connectivity index (χ1) is 9.86. The van der Waals surface area contributed by atoms with Gasteiger partial charge in [0.2, 0.25) is 10.0 Å². The number of halogens is 1. The summed E-state index contributed by atoms with van der Waals surface area (Å²) in [6.45, 7) is 3.47. The van der Waals surface area contributed by atoms with Crippen molar-refractivity contribution in [1.29, 1.82) is 0 Å². The molecular weight excluding hydrogens is 312 g/mol. The van der Waals surface area contributed by atoms with Crippen molar-refractivity contribution in [2.75, 3.05) is 20.2 Å². The van der Waals surface area contributed by atoms with Gasteiger partial charge in [-0.3, -0.25) is 0 Å². The molecule has 1 heterocycles. The summed E-state index contributed by atoms with van der Waals surface area (Å²) in [5, 5.41) is 3.42. The molecule has 0 aliphatic carbocycles. The molecule has 1 atom stereocenters. The fourth-order valence-electron chi connectivity index (χ4n) is 2.34. The van der Waals surface area contributed by atoms with Crippen molar-refractivity contribution in [3.8, 4) is 0 Å². The Morgan fingerprint density at radius 3 is 2.76 bits per heavy atom. The van der Waals surface area contributed by atoms with Gasteiger partial charge >= 0.3 is 0 Å². The first-order valence-corrected chi connectivity index (χ1v) is 8.79. The average molecular weight is 333 g/mol. The van der Waals surface area contributed by atoms with E-state index in [1.54, 1.807) is 12.1 Å². The number of sulfonamides is 1. The Morgan fingerprint density at radius 2 is 2.19 bits per heavy atom. The molecule has 1 aromatic rings. The molecule has 5 nitrogen and oxygen atoms in total. The Labute approximate surface area is 131 Å². The predicted octanol–water partition coefficient (Wildman–Crippen LogP) is 1.91. The van der Waals surface area contributed by atoms with E-state index >= 15 is 0 Å². The molecule has 1 aromatic carbocycles. The molecule has 1 aliphatic heterocycles. The summed E-state index contributed by atoms with van der Waals surface area (Å²) in [7, 11) is -1.76. The Balaban J connectivity index is 2.10. The molecule has 2 rings (SSSR count). The molecule has 118 valence electrons. The molecule has 7 heteroatoms. The van der Waals surface area contributed by atoms with Crippen LogP contribution in [-0.2, 0) is 21.3 Å². The second-order valence-electron chi connectivity index (χ2n) is 5.51. The van der Waals surface area contributed by atoms with E-state index in [4.69, 9.17) is 16.3 Å². The van der Waals surface area contributed by atoms with Gasteiger partial charge in [0.1, 0.15) is 0 Å². The highest BCUT2D eigenvalue weighted by Gasteiger charge is 2.31. The lowest BCUT2D eigenvalue weighted by Gasteiger charge is -2.23. The summed E-state index contributed by atoms with van der Waals surface area (Å²) in [5.41, 5.74) is 0.451. The molecule has 1 saturated heterocycles. The van der Waals surface area contributed by atoms with Gasteiger partial charge in [0.25, 0.3) is 0 Å². The van der Waals surface area contributed by atoms with Gasteiger partial charge in [0.15, 0.2) is 0 Å². The third-order valence-corrected chi connectivity index (χ3v) is 5.39. The smallest absolute Gasteiger partial charge is 0.240 e. The maximum Gasteiger partial charge on any atom is 0.240 e. The highest BCUT2D eigenvalue weighted by molar-refractivity contribution is 7.89. The number of rotatable bonds is 6. The van der Waals surface area contributed by atoms with Crippen LogP contribution in [0, 0.1) is 0 Å². The van der Waals surface area contributed by atoms with Gasteiger partial charge in [0, 0.05) is 24.7 Å². The zero-order valence-electron chi connectivity index (χ0n) is 12.3. The van der Waals surface area contributed by atoms with Crippen molar-refractivity contribution in [3.05, 3.63) is 28.8 Å². The molecular formula is C14H21ClN2O3S. The molecule has 0 aromatic heterocycles. The minimum Gasteiger partial charge on any atom is -0.374 e. The zero-order chi connectivity index (χ0) is 15.5. The minimum atomic E-state index is -3.57. The molecule has 21 heavy (non-hydrogen) atoms. The summed E-state index contributed by atoms with van der Waals surface area (Å²) in [6, 6.07) is 4.77. The van der Waals surface area contributed by atoms with Crippen LogP contribution >= 0.6 is 11.6 Å². The van der Waals surface area contributed by atoms with Gasteiger partial charge < -0.3 is 10.1 Å². The van der Waals surface area contributed by atoms with Crippen LogP contribution in [0.2, 0.25) is 5.02 Å².